The van der Waals surface area contributed by atoms with E-state index in [0.717, 1.165) is 0 Å². The van der Waals surface area contributed by atoms with Crippen molar-refractivity contribution in [2.24, 2.45) is 5.84 Å². The van der Waals surface area contributed by atoms with Crippen LogP contribution in [-0.4, -0.2) is 23.9 Å². The Hall–Kier alpha value is -0.330. The largest absolute Gasteiger partial charge is 0.415 e. The number of nitrogens with two attached hydrogens (primary N) is 1. The molecule has 0 aromatic rings. The van der Waals surface area contributed by atoms with E-state index in [-0.39, 0.29) is 0 Å². The molecule has 0 heterocycles. The van der Waals surface area contributed by atoms with Gasteiger partial charge < -0.3 is 5.11 Å². The third-order valence-corrected chi connectivity index (χ3v) is 0.689. The minimum absolute atomic E-state index is 0.677. The molecule has 0 saturated heterocycles. The van der Waals surface area contributed by atoms with Crippen LogP contribution in [0.15, 0.2) is 0 Å². The molecule has 3 nitrogen and oxygen atoms in total. The fourth-order valence-electron chi connectivity index (χ4n) is 0.227. The molecule has 6 heteroatoms. The highest BCUT2D eigenvalue weighted by Gasteiger charge is 2.37. The quantitative estimate of drug-likeness (QED) is 0.357. The average Bonchev–Trinajstić information content (AvgIpc) is 1.64. The molecule has 0 spiro atoms. The Morgan fingerprint density at radius 3 is 2.11 bits per heavy atom. The zero-order valence-electron chi connectivity index (χ0n) is 4.44. The number of hydrogen-bond acceptors (Lipinski definition) is 3. The molecule has 0 bridgehead atoms. The lowest BCUT2D eigenvalue weighted by Gasteiger charge is -2.12. The highest BCUT2D eigenvalue weighted by molar-refractivity contribution is 4.65. The van der Waals surface area contributed by atoms with Gasteiger partial charge in [0.05, 0.1) is 0 Å². The normalized spacial score (nSPS) is 15.7. The van der Waals surface area contributed by atoms with Crippen molar-refractivity contribution in [1.82, 2.24) is 5.43 Å². The van der Waals surface area contributed by atoms with Crippen molar-refractivity contribution in [1.29, 1.82) is 0 Å². The molecule has 0 aliphatic rings. The summed E-state index contributed by atoms with van der Waals surface area (Å²) in [4.78, 5) is 0. The highest BCUT2D eigenvalue weighted by Crippen LogP contribution is 2.18. The lowest BCUT2D eigenvalue weighted by Crippen LogP contribution is -2.40. The van der Waals surface area contributed by atoms with E-state index in [1.165, 1.54) is 0 Å². The minimum atomic E-state index is -4.58. The number of hydrazine groups is 1. The van der Waals surface area contributed by atoms with Crippen LogP contribution < -0.4 is 11.3 Å². The Morgan fingerprint density at radius 1 is 1.56 bits per heavy atom. The van der Waals surface area contributed by atoms with Gasteiger partial charge in [-0.05, 0) is 0 Å². The van der Waals surface area contributed by atoms with Crippen LogP contribution in [0.2, 0.25) is 0 Å². The summed E-state index contributed by atoms with van der Waals surface area (Å²) in [5.41, 5.74) is 1.70. The number of aliphatic hydroxyl groups is 1. The van der Waals surface area contributed by atoms with E-state index in [0.29, 0.717) is 0 Å². The van der Waals surface area contributed by atoms with Crippen molar-refractivity contribution in [2.75, 3.05) is 6.54 Å². The SMILES string of the molecule is NNC[C@@H](O)C(F)(F)F. The average molecular weight is 144 g/mol. The van der Waals surface area contributed by atoms with Gasteiger partial charge in [0.15, 0.2) is 6.10 Å². The first-order valence-electron chi connectivity index (χ1n) is 2.16. The first-order valence-corrected chi connectivity index (χ1v) is 2.16. The van der Waals surface area contributed by atoms with E-state index >= 15 is 0 Å². The maximum absolute atomic E-state index is 11.3. The van der Waals surface area contributed by atoms with Gasteiger partial charge in [0.1, 0.15) is 0 Å². The van der Waals surface area contributed by atoms with Crippen molar-refractivity contribution in [3.8, 4) is 0 Å². The van der Waals surface area contributed by atoms with Gasteiger partial charge in [0.25, 0.3) is 0 Å². The number of rotatable bonds is 2. The summed E-state index contributed by atoms with van der Waals surface area (Å²) in [7, 11) is 0. The van der Waals surface area contributed by atoms with Gasteiger partial charge in [-0.2, -0.15) is 13.2 Å². The van der Waals surface area contributed by atoms with Gasteiger partial charge in [-0.1, -0.05) is 0 Å². The molecule has 56 valence electrons. The van der Waals surface area contributed by atoms with Crippen molar-refractivity contribution in [3.63, 3.8) is 0 Å². The summed E-state index contributed by atoms with van der Waals surface area (Å²) in [5, 5.41) is 8.12. The number of nitrogens with one attached hydrogen (secondary N) is 1. The molecule has 0 amide bonds. The van der Waals surface area contributed by atoms with Gasteiger partial charge in [0.2, 0.25) is 0 Å². The summed E-state index contributed by atoms with van der Waals surface area (Å²) in [6.07, 6.45) is -6.95. The van der Waals surface area contributed by atoms with Crippen LogP contribution in [0.5, 0.6) is 0 Å². The Kier molecular flexibility index (Phi) is 2.89. The molecule has 0 aliphatic heterocycles. The second kappa shape index (κ2) is 3.00. The van der Waals surface area contributed by atoms with E-state index in [4.69, 9.17) is 5.11 Å². The molecule has 4 N–H and O–H groups in total. The maximum atomic E-state index is 11.3. The zero-order valence-corrected chi connectivity index (χ0v) is 4.44. The maximum Gasteiger partial charge on any atom is 0.415 e. The first-order chi connectivity index (χ1) is 3.98. The summed E-state index contributed by atoms with van der Waals surface area (Å²) in [6.45, 7) is -0.677. The third-order valence-electron chi connectivity index (χ3n) is 0.689. The third kappa shape index (κ3) is 3.28. The summed E-state index contributed by atoms with van der Waals surface area (Å²) >= 11 is 0. The van der Waals surface area contributed by atoms with Gasteiger partial charge >= 0.3 is 6.18 Å². The van der Waals surface area contributed by atoms with Crippen molar-refractivity contribution in [2.45, 2.75) is 12.3 Å². The Bertz CT molecular complexity index is 83.6. The molecule has 9 heavy (non-hydrogen) atoms. The molecular formula is C3H7F3N2O. The van der Waals surface area contributed by atoms with Gasteiger partial charge in [0, 0.05) is 6.54 Å². The van der Waals surface area contributed by atoms with Crippen molar-refractivity contribution in [3.05, 3.63) is 0 Å². The molecule has 0 aliphatic carbocycles. The second-order valence-electron chi connectivity index (χ2n) is 1.47. The van der Waals surface area contributed by atoms with Crippen LogP contribution in [0.1, 0.15) is 0 Å². The lowest BCUT2D eigenvalue weighted by molar-refractivity contribution is -0.201. The lowest BCUT2D eigenvalue weighted by atomic mass is 10.3. The molecule has 1 atom stereocenters. The molecular weight excluding hydrogens is 137 g/mol. The van der Waals surface area contributed by atoms with E-state index in [2.05, 4.69) is 5.84 Å². The first kappa shape index (κ1) is 8.67. The molecule has 0 unspecified atom stereocenters. The van der Waals surface area contributed by atoms with E-state index in [9.17, 15) is 13.2 Å². The van der Waals surface area contributed by atoms with Crippen LogP contribution in [0.3, 0.4) is 0 Å². The zero-order chi connectivity index (χ0) is 7.49. The predicted molar refractivity (Wildman–Crippen MR) is 24.3 cm³/mol. The fraction of sp³-hybridized carbons (Fsp3) is 1.00. The van der Waals surface area contributed by atoms with Crippen molar-refractivity contribution >= 4 is 0 Å². The summed E-state index contributed by atoms with van der Waals surface area (Å²) in [6, 6.07) is 0. The summed E-state index contributed by atoms with van der Waals surface area (Å²) in [5.74, 6) is 4.52. The molecule has 0 radical (unpaired) electrons. The van der Waals surface area contributed by atoms with Crippen molar-refractivity contribution < 1.29 is 18.3 Å². The topological polar surface area (TPSA) is 58.3 Å². The number of halogens is 3. The number of alkyl halides is 3. The minimum Gasteiger partial charge on any atom is -0.382 e. The van der Waals surface area contributed by atoms with Crippen LogP contribution in [0.25, 0.3) is 0 Å². The Morgan fingerprint density at radius 2 is 2.00 bits per heavy atom. The predicted octanol–water partition coefficient (Wildman–Crippen LogP) is -0.627. The van der Waals surface area contributed by atoms with E-state index < -0.39 is 18.8 Å². The Labute approximate surface area is 49.6 Å². The molecule has 0 aromatic carbocycles. The molecule has 0 rings (SSSR count). The van der Waals surface area contributed by atoms with E-state index in [1.807, 2.05) is 0 Å². The van der Waals surface area contributed by atoms with E-state index in [1.54, 1.807) is 5.43 Å². The number of hydrogen-bond donors (Lipinski definition) is 3. The van der Waals surface area contributed by atoms with Gasteiger partial charge in [-0.25, -0.2) is 0 Å². The van der Waals surface area contributed by atoms with Gasteiger partial charge in [-0.3, -0.25) is 11.3 Å². The Balaban J connectivity index is 3.59. The fourth-order valence-corrected chi connectivity index (χ4v) is 0.227. The monoisotopic (exact) mass is 144 g/mol. The van der Waals surface area contributed by atoms with Crippen LogP contribution in [0.4, 0.5) is 13.2 Å². The smallest absolute Gasteiger partial charge is 0.382 e. The number of aliphatic hydroxyl groups excluding tert-OH is 1. The highest BCUT2D eigenvalue weighted by atomic mass is 19.4. The van der Waals surface area contributed by atoms with Crippen LogP contribution in [-0.2, 0) is 0 Å². The second-order valence-corrected chi connectivity index (χ2v) is 1.47. The molecule has 0 aromatic heterocycles. The van der Waals surface area contributed by atoms with Gasteiger partial charge in [-0.15, -0.1) is 0 Å². The standard InChI is InChI=1S/C3H7F3N2O/c4-3(5,6)2(9)1-8-7/h2,8-9H,1,7H2/t2-/m1/s1. The molecule has 0 fully saturated rings. The molecule has 0 saturated carbocycles. The van der Waals surface area contributed by atoms with Crippen LogP contribution >= 0.6 is 0 Å². The summed E-state index contributed by atoms with van der Waals surface area (Å²) < 4.78 is 33.9. The van der Waals surface area contributed by atoms with Crippen LogP contribution in [0, 0.1) is 0 Å².